The van der Waals surface area contributed by atoms with Crippen LogP contribution in [-0.4, -0.2) is 18.4 Å². The van der Waals surface area contributed by atoms with Gasteiger partial charge in [0.05, 0.1) is 5.92 Å². The van der Waals surface area contributed by atoms with Crippen molar-refractivity contribution in [3.8, 4) is 0 Å². The molecule has 0 unspecified atom stereocenters. The van der Waals surface area contributed by atoms with Crippen LogP contribution in [0.3, 0.4) is 0 Å². The number of benzene rings is 2. The number of rotatable bonds is 6. The summed E-state index contributed by atoms with van der Waals surface area (Å²) in [5.74, 6) is -0.936. The van der Waals surface area contributed by atoms with E-state index in [9.17, 15) is 14.0 Å². The maximum absolute atomic E-state index is 12.9. The fourth-order valence-corrected chi connectivity index (χ4v) is 3.32. The minimum absolute atomic E-state index is 0.0607. The Labute approximate surface area is 158 Å². The van der Waals surface area contributed by atoms with E-state index in [0.29, 0.717) is 18.0 Å². The zero-order chi connectivity index (χ0) is 19.4. The molecule has 2 aromatic rings. The van der Waals surface area contributed by atoms with Gasteiger partial charge in [0.15, 0.2) is 0 Å². The summed E-state index contributed by atoms with van der Waals surface area (Å²) in [5, 5.41) is 0. The third-order valence-electron chi connectivity index (χ3n) is 5.12. The monoisotopic (exact) mass is 369 g/mol. The molecule has 142 valence electrons. The summed E-state index contributed by atoms with van der Waals surface area (Å²) < 4.78 is 18.3. The second-order valence-electron chi connectivity index (χ2n) is 7.01. The average Bonchev–Trinajstić information content (AvgIpc) is 3.08. The Hall–Kier alpha value is -2.69. The first-order valence-corrected chi connectivity index (χ1v) is 9.30. The van der Waals surface area contributed by atoms with Crippen molar-refractivity contribution in [2.24, 2.45) is 5.92 Å². The summed E-state index contributed by atoms with van der Waals surface area (Å²) in [6, 6.07) is 13.7. The van der Waals surface area contributed by atoms with Crippen LogP contribution in [0.25, 0.3) is 0 Å². The van der Waals surface area contributed by atoms with Crippen molar-refractivity contribution in [1.29, 1.82) is 0 Å². The normalized spacial score (nSPS) is 17.8. The summed E-state index contributed by atoms with van der Waals surface area (Å²) >= 11 is 0. The molecular weight excluding hydrogens is 345 g/mol. The number of carbonyl (C=O) groups is 2. The van der Waals surface area contributed by atoms with Crippen LogP contribution in [0.2, 0.25) is 0 Å². The van der Waals surface area contributed by atoms with Gasteiger partial charge >= 0.3 is 5.97 Å². The van der Waals surface area contributed by atoms with Gasteiger partial charge in [-0.1, -0.05) is 44.2 Å². The zero-order valence-corrected chi connectivity index (χ0v) is 15.7. The lowest BCUT2D eigenvalue weighted by molar-refractivity contribution is -0.149. The Kier molecular flexibility index (Phi) is 5.89. The molecule has 1 aliphatic rings. The van der Waals surface area contributed by atoms with Gasteiger partial charge in [-0.05, 0) is 41.7 Å². The van der Waals surface area contributed by atoms with Gasteiger partial charge in [-0.2, -0.15) is 0 Å². The van der Waals surface area contributed by atoms with Crippen molar-refractivity contribution >= 4 is 17.6 Å². The predicted octanol–water partition coefficient (Wildman–Crippen LogP) is 4.44. The first-order valence-electron chi connectivity index (χ1n) is 9.30. The maximum Gasteiger partial charge on any atom is 0.311 e. The lowest BCUT2D eigenvalue weighted by Crippen LogP contribution is -2.27. The molecule has 0 saturated carbocycles. The fourth-order valence-electron chi connectivity index (χ4n) is 3.32. The molecule has 1 fully saturated rings. The third-order valence-corrected chi connectivity index (χ3v) is 5.12. The summed E-state index contributed by atoms with van der Waals surface area (Å²) in [5.41, 5.74) is 2.72. The molecule has 4 nitrogen and oxygen atoms in total. The Morgan fingerprint density at radius 2 is 1.93 bits per heavy atom. The van der Waals surface area contributed by atoms with E-state index in [1.165, 1.54) is 12.1 Å². The Balaban J connectivity index is 1.67. The Morgan fingerprint density at radius 1 is 1.22 bits per heavy atom. The van der Waals surface area contributed by atoms with Crippen molar-refractivity contribution in [1.82, 2.24) is 0 Å². The van der Waals surface area contributed by atoms with Crippen LogP contribution < -0.4 is 4.90 Å². The molecule has 1 heterocycles. The van der Waals surface area contributed by atoms with Crippen molar-refractivity contribution in [3.05, 3.63) is 65.5 Å². The molecule has 0 spiro atoms. The van der Waals surface area contributed by atoms with Gasteiger partial charge in [-0.15, -0.1) is 0 Å². The van der Waals surface area contributed by atoms with Crippen molar-refractivity contribution < 1.29 is 18.7 Å². The van der Waals surface area contributed by atoms with Crippen molar-refractivity contribution in [2.45, 2.75) is 39.2 Å². The van der Waals surface area contributed by atoms with E-state index in [-0.39, 0.29) is 24.8 Å². The SMILES string of the molecule is CC[C@@H](C)c1ccccc1N1C[C@H](C(=O)OCc2ccc(F)cc2)CC1=O. The highest BCUT2D eigenvalue weighted by atomic mass is 19.1. The zero-order valence-electron chi connectivity index (χ0n) is 15.7. The van der Waals surface area contributed by atoms with E-state index in [1.807, 2.05) is 24.3 Å². The van der Waals surface area contributed by atoms with Gasteiger partial charge in [-0.3, -0.25) is 9.59 Å². The van der Waals surface area contributed by atoms with Crippen LogP contribution in [0.15, 0.2) is 48.5 Å². The van der Waals surface area contributed by atoms with Crippen molar-refractivity contribution in [3.63, 3.8) is 0 Å². The van der Waals surface area contributed by atoms with E-state index in [0.717, 1.165) is 17.7 Å². The van der Waals surface area contributed by atoms with E-state index in [4.69, 9.17) is 4.74 Å². The number of carbonyl (C=O) groups excluding carboxylic acids is 2. The molecule has 2 atom stereocenters. The lowest BCUT2D eigenvalue weighted by Gasteiger charge is -2.23. The lowest BCUT2D eigenvalue weighted by atomic mass is 9.96. The Morgan fingerprint density at radius 3 is 2.63 bits per heavy atom. The molecule has 1 amide bonds. The topological polar surface area (TPSA) is 46.6 Å². The third kappa shape index (κ3) is 4.35. The highest BCUT2D eigenvalue weighted by Gasteiger charge is 2.37. The van der Waals surface area contributed by atoms with E-state index < -0.39 is 11.9 Å². The fraction of sp³-hybridized carbons (Fsp3) is 0.364. The number of nitrogens with zero attached hydrogens (tertiary/aromatic N) is 1. The molecule has 0 bridgehead atoms. The number of ether oxygens (including phenoxy) is 1. The second kappa shape index (κ2) is 8.33. The molecule has 0 aliphatic carbocycles. The number of para-hydroxylation sites is 1. The van der Waals surface area contributed by atoms with E-state index >= 15 is 0 Å². The number of anilines is 1. The minimum Gasteiger partial charge on any atom is -0.461 e. The van der Waals surface area contributed by atoms with Crippen LogP contribution in [0.1, 0.15) is 43.7 Å². The minimum atomic E-state index is -0.483. The van der Waals surface area contributed by atoms with Gasteiger partial charge in [0.2, 0.25) is 5.91 Å². The van der Waals surface area contributed by atoms with Gasteiger partial charge in [-0.25, -0.2) is 4.39 Å². The molecular formula is C22H24FNO3. The van der Waals surface area contributed by atoms with Crippen LogP contribution in [-0.2, 0) is 20.9 Å². The van der Waals surface area contributed by atoms with Gasteiger partial charge in [0.25, 0.3) is 0 Å². The van der Waals surface area contributed by atoms with Crippen LogP contribution in [0.5, 0.6) is 0 Å². The Bertz CT molecular complexity index is 819. The van der Waals surface area contributed by atoms with Gasteiger partial charge in [0.1, 0.15) is 12.4 Å². The smallest absolute Gasteiger partial charge is 0.311 e. The van der Waals surface area contributed by atoms with Crippen LogP contribution >= 0.6 is 0 Å². The van der Waals surface area contributed by atoms with E-state index in [2.05, 4.69) is 13.8 Å². The molecule has 3 rings (SSSR count). The maximum atomic E-state index is 12.9. The first kappa shape index (κ1) is 19.1. The molecule has 2 aromatic carbocycles. The number of esters is 1. The highest BCUT2D eigenvalue weighted by Crippen LogP contribution is 2.33. The summed E-state index contributed by atoms with van der Waals surface area (Å²) in [4.78, 5) is 26.6. The molecule has 1 aliphatic heterocycles. The van der Waals surface area contributed by atoms with Gasteiger partial charge < -0.3 is 9.64 Å². The molecule has 0 N–H and O–H groups in total. The highest BCUT2D eigenvalue weighted by molar-refractivity contribution is 6.00. The number of halogens is 1. The first-order chi connectivity index (χ1) is 13.0. The van der Waals surface area contributed by atoms with Crippen LogP contribution in [0, 0.1) is 11.7 Å². The van der Waals surface area contributed by atoms with Crippen molar-refractivity contribution in [2.75, 3.05) is 11.4 Å². The summed E-state index contributed by atoms with van der Waals surface area (Å²) in [6.45, 7) is 4.65. The molecule has 0 radical (unpaired) electrons. The van der Waals surface area contributed by atoms with E-state index in [1.54, 1.807) is 17.0 Å². The summed E-state index contributed by atoms with van der Waals surface area (Å²) in [7, 11) is 0. The van der Waals surface area contributed by atoms with Gasteiger partial charge in [0, 0.05) is 18.7 Å². The second-order valence-corrected chi connectivity index (χ2v) is 7.01. The summed E-state index contributed by atoms with van der Waals surface area (Å²) in [6.07, 6.45) is 1.12. The number of hydrogen-bond acceptors (Lipinski definition) is 3. The standard InChI is InChI=1S/C22H24FNO3/c1-3-15(2)19-6-4-5-7-20(19)24-13-17(12-21(24)25)22(26)27-14-16-8-10-18(23)11-9-16/h4-11,15,17H,3,12-14H2,1-2H3/t15-,17-/m1/s1. The predicted molar refractivity (Wildman–Crippen MR) is 102 cm³/mol. The molecule has 1 saturated heterocycles. The molecule has 0 aromatic heterocycles. The number of amides is 1. The molecule has 5 heteroatoms. The largest absolute Gasteiger partial charge is 0.461 e. The van der Waals surface area contributed by atoms with Crippen LogP contribution in [0.4, 0.5) is 10.1 Å². The number of hydrogen-bond donors (Lipinski definition) is 0. The quantitative estimate of drug-likeness (QED) is 0.708. The molecule has 27 heavy (non-hydrogen) atoms. The average molecular weight is 369 g/mol.